The molecule has 0 saturated carbocycles. The maximum atomic E-state index is 13.2. The number of rotatable bonds is 12. The summed E-state index contributed by atoms with van der Waals surface area (Å²) in [5, 5.41) is 0. The Labute approximate surface area is 211 Å². The zero-order chi connectivity index (χ0) is 27.6. The lowest BCUT2D eigenvalue weighted by Gasteiger charge is -2.24. The van der Waals surface area contributed by atoms with Crippen molar-refractivity contribution in [1.29, 1.82) is 0 Å². The van der Waals surface area contributed by atoms with E-state index in [1.165, 1.54) is 60.9 Å². The second-order valence-corrected chi connectivity index (χ2v) is 8.08. The minimum atomic E-state index is -5.05. The Morgan fingerprint density at radius 3 is 1.24 bits per heavy atom. The number of carbonyl (C=O) groups excluding carboxylic acids is 2. The highest BCUT2D eigenvalue weighted by molar-refractivity contribution is 6.23. The van der Waals surface area contributed by atoms with Crippen LogP contribution in [-0.4, -0.2) is 59.9 Å². The first-order valence-electron chi connectivity index (χ1n) is 11.6. The lowest BCUT2D eigenvalue weighted by molar-refractivity contribution is -0.164. The van der Waals surface area contributed by atoms with Gasteiger partial charge in [-0.05, 0) is 31.4 Å². The average molecular weight is 527 g/mol. The highest BCUT2D eigenvalue weighted by Gasteiger charge is 2.42. The molecule has 0 unspecified atom stereocenters. The summed E-state index contributed by atoms with van der Waals surface area (Å²) in [6.45, 7) is 4.48. The number of halogens is 6. The highest BCUT2D eigenvalue weighted by atomic mass is 19.4. The molecule has 10 heteroatoms. The molecule has 0 amide bonds. The average Bonchev–Trinajstić information content (AvgIpc) is 2.87. The van der Waals surface area contributed by atoms with Crippen LogP contribution in [0.4, 0.5) is 26.3 Å². The maximum absolute atomic E-state index is 13.2. The van der Waals surface area contributed by atoms with Gasteiger partial charge in [0.15, 0.2) is 0 Å². The van der Waals surface area contributed by atoms with E-state index < -0.39 is 35.1 Å². The standard InChI is InChI=1S/C27H28F6N2O2/c1-3-34(18-22(24(36)26(28,29)30)20-12-7-5-8-13-20)16-11-17-35(4-2)19-23(25(37)27(31,32)33)21-14-9-6-10-15-21/h5-10,12-15,18-19H,3-4,11,16-17H2,1-2H3/b22-18-,23-19-. The summed E-state index contributed by atoms with van der Waals surface area (Å²) in [6, 6.07) is 15.0. The molecule has 2 aromatic carbocycles. The number of allylic oxidation sites excluding steroid dienone is 2. The van der Waals surface area contributed by atoms with Crippen molar-refractivity contribution in [3.05, 3.63) is 84.2 Å². The second-order valence-electron chi connectivity index (χ2n) is 8.08. The predicted molar refractivity (Wildman–Crippen MR) is 130 cm³/mol. The smallest absolute Gasteiger partial charge is 0.377 e. The Hall–Kier alpha value is -3.56. The van der Waals surface area contributed by atoms with E-state index in [9.17, 15) is 35.9 Å². The van der Waals surface area contributed by atoms with Crippen LogP contribution in [0.1, 0.15) is 31.4 Å². The SMILES string of the molecule is CCN(/C=C(\C(=O)C(F)(F)F)c1ccccc1)CCCN(/C=C(\C(=O)C(F)(F)F)c1ccccc1)CC. The fourth-order valence-electron chi connectivity index (χ4n) is 3.54. The fourth-order valence-corrected chi connectivity index (χ4v) is 3.54. The molecule has 0 aliphatic heterocycles. The molecule has 0 heterocycles. The summed E-state index contributed by atoms with van der Waals surface area (Å²) < 4.78 is 79.3. The minimum absolute atomic E-state index is 0.125. The van der Waals surface area contributed by atoms with E-state index in [4.69, 9.17) is 0 Å². The third-order valence-corrected chi connectivity index (χ3v) is 5.50. The van der Waals surface area contributed by atoms with Crippen molar-refractivity contribution in [1.82, 2.24) is 9.80 Å². The summed E-state index contributed by atoms with van der Waals surface area (Å²) in [6.07, 6.45) is -7.42. The molecule has 0 radical (unpaired) electrons. The van der Waals surface area contributed by atoms with Crippen molar-refractivity contribution in [3.63, 3.8) is 0 Å². The Balaban J connectivity index is 2.24. The van der Waals surface area contributed by atoms with Gasteiger partial charge in [0, 0.05) is 38.6 Å². The summed E-state index contributed by atoms with van der Waals surface area (Å²) in [7, 11) is 0. The van der Waals surface area contributed by atoms with Crippen LogP contribution in [0.25, 0.3) is 11.1 Å². The van der Waals surface area contributed by atoms with E-state index in [0.29, 0.717) is 19.5 Å². The number of Topliss-reactive ketones (excluding diaryl/α,β-unsaturated/α-hetero) is 2. The topological polar surface area (TPSA) is 40.6 Å². The number of benzene rings is 2. The molecule has 0 fully saturated rings. The van der Waals surface area contributed by atoms with Gasteiger partial charge in [0.2, 0.25) is 0 Å². The van der Waals surface area contributed by atoms with Crippen LogP contribution >= 0.6 is 0 Å². The van der Waals surface area contributed by atoms with E-state index in [0.717, 1.165) is 0 Å². The van der Waals surface area contributed by atoms with Crippen LogP contribution in [0.2, 0.25) is 0 Å². The molecular formula is C27H28F6N2O2. The van der Waals surface area contributed by atoms with Gasteiger partial charge in [-0.3, -0.25) is 9.59 Å². The Kier molecular flexibility index (Phi) is 10.5. The van der Waals surface area contributed by atoms with Gasteiger partial charge < -0.3 is 9.80 Å². The van der Waals surface area contributed by atoms with Crippen LogP contribution < -0.4 is 0 Å². The van der Waals surface area contributed by atoms with Gasteiger partial charge in [-0.2, -0.15) is 26.3 Å². The van der Waals surface area contributed by atoms with Gasteiger partial charge in [0.1, 0.15) is 0 Å². The first kappa shape index (κ1) is 29.7. The van der Waals surface area contributed by atoms with E-state index in [2.05, 4.69) is 0 Å². The molecule has 0 aliphatic carbocycles. The quantitative estimate of drug-likeness (QED) is 0.238. The van der Waals surface area contributed by atoms with Gasteiger partial charge >= 0.3 is 12.4 Å². The Morgan fingerprint density at radius 2 is 0.973 bits per heavy atom. The largest absolute Gasteiger partial charge is 0.454 e. The Morgan fingerprint density at radius 1 is 0.649 bits per heavy atom. The highest BCUT2D eigenvalue weighted by Crippen LogP contribution is 2.28. The molecule has 200 valence electrons. The van der Waals surface area contributed by atoms with Gasteiger partial charge in [-0.25, -0.2) is 0 Å². The van der Waals surface area contributed by atoms with Crippen molar-refractivity contribution in [2.24, 2.45) is 0 Å². The molecule has 4 nitrogen and oxygen atoms in total. The first-order valence-corrected chi connectivity index (χ1v) is 11.6. The van der Waals surface area contributed by atoms with Crippen molar-refractivity contribution >= 4 is 22.7 Å². The lowest BCUT2D eigenvalue weighted by Crippen LogP contribution is -2.29. The molecule has 0 N–H and O–H groups in total. The van der Waals surface area contributed by atoms with Crippen LogP contribution in [0.3, 0.4) is 0 Å². The van der Waals surface area contributed by atoms with E-state index in [-0.39, 0.29) is 24.2 Å². The molecular weight excluding hydrogens is 498 g/mol. The predicted octanol–water partition coefficient (Wildman–Crippen LogP) is 6.37. The minimum Gasteiger partial charge on any atom is -0.377 e. The van der Waals surface area contributed by atoms with Crippen LogP contribution in [-0.2, 0) is 9.59 Å². The molecule has 0 atom stereocenters. The molecule has 2 rings (SSSR count). The van der Waals surface area contributed by atoms with Crippen molar-refractivity contribution in [3.8, 4) is 0 Å². The van der Waals surface area contributed by atoms with Gasteiger partial charge in [0.25, 0.3) is 11.6 Å². The normalized spacial score (nSPS) is 12.9. The van der Waals surface area contributed by atoms with E-state index in [1.54, 1.807) is 35.8 Å². The first-order chi connectivity index (χ1) is 17.4. The summed E-state index contributed by atoms with van der Waals surface area (Å²) in [5.74, 6) is -3.93. The zero-order valence-corrected chi connectivity index (χ0v) is 20.4. The maximum Gasteiger partial charge on any atom is 0.454 e. The van der Waals surface area contributed by atoms with Gasteiger partial charge in [-0.15, -0.1) is 0 Å². The molecule has 0 aliphatic rings. The monoisotopic (exact) mass is 526 g/mol. The van der Waals surface area contributed by atoms with Crippen LogP contribution in [0.15, 0.2) is 73.1 Å². The Bertz CT molecular complexity index is 1010. The molecule has 0 aromatic heterocycles. The van der Waals surface area contributed by atoms with Gasteiger partial charge in [0.05, 0.1) is 11.1 Å². The van der Waals surface area contributed by atoms with E-state index >= 15 is 0 Å². The lowest BCUT2D eigenvalue weighted by atomic mass is 10.0. The number of hydrogen-bond donors (Lipinski definition) is 0. The number of ketones is 2. The van der Waals surface area contributed by atoms with Crippen molar-refractivity contribution in [2.45, 2.75) is 32.6 Å². The summed E-state index contributed by atoms with van der Waals surface area (Å²) in [4.78, 5) is 27.3. The van der Waals surface area contributed by atoms with Crippen LogP contribution in [0.5, 0.6) is 0 Å². The summed E-state index contributed by atoms with van der Waals surface area (Å²) in [5.41, 5.74) is -0.743. The number of nitrogens with zero attached hydrogens (tertiary/aromatic N) is 2. The summed E-state index contributed by atoms with van der Waals surface area (Å²) >= 11 is 0. The zero-order valence-electron chi connectivity index (χ0n) is 20.4. The second kappa shape index (κ2) is 13.1. The van der Waals surface area contributed by atoms with E-state index in [1.807, 2.05) is 0 Å². The molecule has 0 bridgehead atoms. The van der Waals surface area contributed by atoms with Crippen molar-refractivity contribution < 1.29 is 35.9 Å². The number of hydrogen-bond acceptors (Lipinski definition) is 4. The third-order valence-electron chi connectivity index (χ3n) is 5.50. The third kappa shape index (κ3) is 8.80. The van der Waals surface area contributed by atoms with Crippen molar-refractivity contribution in [2.75, 3.05) is 26.2 Å². The molecule has 2 aromatic rings. The molecule has 0 saturated heterocycles. The van der Waals surface area contributed by atoms with Crippen LogP contribution in [0, 0.1) is 0 Å². The molecule has 37 heavy (non-hydrogen) atoms. The number of alkyl halides is 6. The molecule has 0 spiro atoms. The fraction of sp³-hybridized carbons (Fsp3) is 0.333. The number of carbonyl (C=O) groups is 2. The van der Waals surface area contributed by atoms with Gasteiger partial charge in [-0.1, -0.05) is 60.7 Å².